The normalized spacial score (nSPS) is 16.7. The van der Waals surface area contributed by atoms with Gasteiger partial charge in [0.15, 0.2) is 0 Å². The van der Waals surface area contributed by atoms with Crippen LogP contribution in [0.1, 0.15) is 24.0 Å². The van der Waals surface area contributed by atoms with E-state index in [4.69, 9.17) is 20.6 Å². The van der Waals surface area contributed by atoms with Crippen molar-refractivity contribution >= 4 is 5.84 Å². The molecule has 1 heterocycles. The highest BCUT2D eigenvalue weighted by Crippen LogP contribution is 2.16. The van der Waals surface area contributed by atoms with Gasteiger partial charge in [-0.15, -0.1) is 0 Å². The van der Waals surface area contributed by atoms with Gasteiger partial charge >= 0.3 is 0 Å². The van der Waals surface area contributed by atoms with Crippen LogP contribution in [0.15, 0.2) is 18.2 Å². The van der Waals surface area contributed by atoms with Crippen LogP contribution >= 0.6 is 0 Å². The van der Waals surface area contributed by atoms with E-state index in [-0.39, 0.29) is 24.4 Å². The van der Waals surface area contributed by atoms with Crippen molar-refractivity contribution in [2.75, 3.05) is 13.2 Å². The zero-order valence-electron chi connectivity index (χ0n) is 10.1. The van der Waals surface area contributed by atoms with Crippen LogP contribution in [0, 0.1) is 11.2 Å². The van der Waals surface area contributed by atoms with Crippen molar-refractivity contribution < 1.29 is 13.9 Å². The molecule has 1 saturated heterocycles. The lowest BCUT2D eigenvalue weighted by Gasteiger charge is -2.22. The van der Waals surface area contributed by atoms with E-state index in [1.54, 1.807) is 12.1 Å². The molecule has 1 aromatic rings. The lowest BCUT2D eigenvalue weighted by atomic mass is 10.1. The Morgan fingerprint density at radius 3 is 2.78 bits per heavy atom. The summed E-state index contributed by atoms with van der Waals surface area (Å²) in [5, 5.41) is 7.23. The Labute approximate surface area is 105 Å². The van der Waals surface area contributed by atoms with E-state index in [1.165, 1.54) is 6.07 Å². The maximum Gasteiger partial charge on any atom is 0.129 e. The predicted octanol–water partition coefficient (Wildman–Crippen LogP) is 1.81. The van der Waals surface area contributed by atoms with E-state index >= 15 is 0 Å². The number of benzene rings is 1. The van der Waals surface area contributed by atoms with Gasteiger partial charge in [-0.3, -0.25) is 5.41 Å². The zero-order chi connectivity index (χ0) is 13.0. The highest BCUT2D eigenvalue weighted by Gasteiger charge is 2.15. The number of halogens is 1. The molecule has 0 amide bonds. The van der Waals surface area contributed by atoms with Crippen LogP contribution in [0.5, 0.6) is 0 Å². The molecular weight excluding hydrogens is 235 g/mol. The van der Waals surface area contributed by atoms with Crippen molar-refractivity contribution in [1.29, 1.82) is 5.41 Å². The van der Waals surface area contributed by atoms with E-state index in [9.17, 15) is 4.39 Å². The number of rotatable bonds is 4. The van der Waals surface area contributed by atoms with Gasteiger partial charge in [0.2, 0.25) is 0 Å². The van der Waals surface area contributed by atoms with Crippen LogP contribution in [-0.4, -0.2) is 25.2 Å². The number of nitrogens with one attached hydrogen (secondary N) is 1. The summed E-state index contributed by atoms with van der Waals surface area (Å²) in [5.74, 6) is -0.513. The number of nitrogen functional groups attached to an aromatic ring is 1. The second kappa shape index (κ2) is 5.93. The third-order valence-electron chi connectivity index (χ3n) is 3.01. The van der Waals surface area contributed by atoms with E-state index in [1.807, 2.05) is 0 Å². The molecule has 0 unspecified atom stereocenters. The minimum absolute atomic E-state index is 0.134. The lowest BCUT2D eigenvalue weighted by molar-refractivity contribution is -0.0397. The SMILES string of the molecule is N=C(N)c1ccc(COC2CCOCC2)c(F)c1. The van der Waals surface area contributed by atoms with Crippen molar-refractivity contribution in [1.82, 2.24) is 0 Å². The van der Waals surface area contributed by atoms with Crippen molar-refractivity contribution in [3.63, 3.8) is 0 Å². The molecule has 3 N–H and O–H groups in total. The maximum absolute atomic E-state index is 13.7. The van der Waals surface area contributed by atoms with Gasteiger partial charge in [0.1, 0.15) is 11.7 Å². The third kappa shape index (κ3) is 3.27. The van der Waals surface area contributed by atoms with Gasteiger partial charge in [0, 0.05) is 24.3 Å². The molecule has 4 nitrogen and oxygen atoms in total. The van der Waals surface area contributed by atoms with Crippen molar-refractivity contribution in [2.45, 2.75) is 25.6 Å². The Bertz CT molecular complexity index is 431. The minimum atomic E-state index is -0.380. The van der Waals surface area contributed by atoms with E-state index < -0.39 is 0 Å². The van der Waals surface area contributed by atoms with Crippen molar-refractivity contribution in [3.05, 3.63) is 35.1 Å². The lowest BCUT2D eigenvalue weighted by Crippen LogP contribution is -2.23. The first-order chi connectivity index (χ1) is 8.66. The fraction of sp³-hybridized carbons (Fsp3) is 0.462. The second-order valence-corrected chi connectivity index (χ2v) is 4.34. The van der Waals surface area contributed by atoms with Crippen molar-refractivity contribution in [3.8, 4) is 0 Å². The molecule has 0 radical (unpaired) electrons. The quantitative estimate of drug-likeness (QED) is 0.634. The smallest absolute Gasteiger partial charge is 0.129 e. The molecule has 1 aromatic carbocycles. The Morgan fingerprint density at radius 2 is 2.17 bits per heavy atom. The van der Waals surface area contributed by atoms with E-state index in [2.05, 4.69) is 0 Å². The molecule has 0 saturated carbocycles. The summed E-state index contributed by atoms with van der Waals surface area (Å²) in [4.78, 5) is 0. The van der Waals surface area contributed by atoms with Crippen LogP contribution in [0.4, 0.5) is 4.39 Å². The van der Waals surface area contributed by atoms with Crippen LogP contribution in [0.3, 0.4) is 0 Å². The van der Waals surface area contributed by atoms with Crippen LogP contribution in [-0.2, 0) is 16.1 Å². The molecular formula is C13H17FN2O2. The van der Waals surface area contributed by atoms with Gasteiger partial charge in [-0.05, 0) is 18.9 Å². The van der Waals surface area contributed by atoms with Crippen LogP contribution < -0.4 is 5.73 Å². The monoisotopic (exact) mass is 252 g/mol. The summed E-state index contributed by atoms with van der Waals surface area (Å²) in [6.45, 7) is 1.65. The van der Waals surface area contributed by atoms with Gasteiger partial charge < -0.3 is 15.2 Å². The number of ether oxygens (including phenoxy) is 2. The Hall–Kier alpha value is -1.46. The Kier molecular flexibility index (Phi) is 4.28. The Balaban J connectivity index is 1.94. The molecule has 1 aliphatic heterocycles. The minimum Gasteiger partial charge on any atom is -0.384 e. The summed E-state index contributed by atoms with van der Waals surface area (Å²) in [7, 11) is 0. The van der Waals surface area contributed by atoms with Gasteiger partial charge in [0.05, 0.1) is 12.7 Å². The molecule has 1 fully saturated rings. The molecule has 1 aliphatic rings. The number of hydrogen-bond donors (Lipinski definition) is 2. The van der Waals surface area contributed by atoms with E-state index in [0.29, 0.717) is 24.3 Å². The van der Waals surface area contributed by atoms with Gasteiger partial charge in [-0.25, -0.2) is 4.39 Å². The molecule has 0 bridgehead atoms. The molecule has 0 atom stereocenters. The topological polar surface area (TPSA) is 68.3 Å². The standard InChI is InChI=1S/C13H17FN2O2/c14-12-7-9(13(15)16)1-2-10(12)8-18-11-3-5-17-6-4-11/h1-2,7,11H,3-6,8H2,(H3,15,16). The summed E-state index contributed by atoms with van der Waals surface area (Å²) >= 11 is 0. The zero-order valence-corrected chi connectivity index (χ0v) is 10.1. The van der Waals surface area contributed by atoms with Crippen molar-refractivity contribution in [2.24, 2.45) is 5.73 Å². The number of amidine groups is 1. The molecule has 18 heavy (non-hydrogen) atoms. The predicted molar refractivity (Wildman–Crippen MR) is 66.0 cm³/mol. The van der Waals surface area contributed by atoms with Gasteiger partial charge in [-0.2, -0.15) is 0 Å². The highest BCUT2D eigenvalue weighted by molar-refractivity contribution is 5.94. The average molecular weight is 252 g/mol. The summed E-state index contributed by atoms with van der Waals surface area (Å²) in [6.07, 6.45) is 1.85. The summed E-state index contributed by atoms with van der Waals surface area (Å²) in [5.41, 5.74) is 6.18. The Morgan fingerprint density at radius 1 is 1.44 bits per heavy atom. The fourth-order valence-corrected chi connectivity index (χ4v) is 1.88. The second-order valence-electron chi connectivity index (χ2n) is 4.34. The molecule has 2 rings (SSSR count). The molecule has 0 aliphatic carbocycles. The van der Waals surface area contributed by atoms with Crippen LogP contribution in [0.2, 0.25) is 0 Å². The molecule has 0 spiro atoms. The summed E-state index contributed by atoms with van der Waals surface area (Å²) in [6, 6.07) is 4.52. The van der Waals surface area contributed by atoms with Gasteiger partial charge in [0.25, 0.3) is 0 Å². The number of nitrogens with two attached hydrogens (primary N) is 1. The first-order valence-corrected chi connectivity index (χ1v) is 5.99. The average Bonchev–Trinajstić information content (AvgIpc) is 2.38. The van der Waals surface area contributed by atoms with Crippen LogP contribution in [0.25, 0.3) is 0 Å². The first-order valence-electron chi connectivity index (χ1n) is 5.99. The molecule has 5 heteroatoms. The highest BCUT2D eigenvalue weighted by atomic mass is 19.1. The number of hydrogen-bond acceptors (Lipinski definition) is 3. The first kappa shape index (κ1) is 13.0. The third-order valence-corrected chi connectivity index (χ3v) is 3.01. The molecule has 0 aromatic heterocycles. The largest absolute Gasteiger partial charge is 0.384 e. The van der Waals surface area contributed by atoms with Gasteiger partial charge in [-0.1, -0.05) is 12.1 Å². The summed E-state index contributed by atoms with van der Waals surface area (Å²) < 4.78 is 24.6. The fourth-order valence-electron chi connectivity index (χ4n) is 1.88. The maximum atomic E-state index is 13.7. The van der Waals surface area contributed by atoms with E-state index in [0.717, 1.165) is 12.8 Å². The molecule has 98 valence electrons.